The number of aromatic nitrogens is 4. The highest BCUT2D eigenvalue weighted by atomic mass is 16.2. The fourth-order valence-corrected chi connectivity index (χ4v) is 5.91. The van der Waals surface area contributed by atoms with Crippen LogP contribution >= 0.6 is 0 Å². The van der Waals surface area contributed by atoms with E-state index in [2.05, 4.69) is 15.3 Å². The van der Waals surface area contributed by atoms with Crippen LogP contribution in [0.5, 0.6) is 0 Å². The number of benzene rings is 4. The summed E-state index contributed by atoms with van der Waals surface area (Å²) in [6.45, 7) is 0. The Labute approximate surface area is 236 Å². The van der Waals surface area contributed by atoms with Gasteiger partial charge in [-0.3, -0.25) is 9.59 Å². The van der Waals surface area contributed by atoms with Gasteiger partial charge in [-0.05, 0) is 29.3 Å². The van der Waals surface area contributed by atoms with Gasteiger partial charge in [0.25, 0.3) is 5.56 Å². The molecule has 198 valence electrons. The molecule has 0 fully saturated rings. The number of hydrogen-bond acceptors (Lipinski definition) is 5. The van der Waals surface area contributed by atoms with Crippen LogP contribution in [0.2, 0.25) is 0 Å². The lowest BCUT2D eigenvalue weighted by Crippen LogP contribution is -2.29. The fraction of sp³-hybridized carbons (Fsp3) is 0.0882. The van der Waals surface area contributed by atoms with Crippen LogP contribution in [0.1, 0.15) is 28.7 Å². The number of anilines is 1. The number of carbonyl (C=O) groups is 1. The Balaban J connectivity index is 1.58. The number of hydrogen-bond donors (Lipinski definition) is 1. The molecule has 7 rings (SSSR count). The van der Waals surface area contributed by atoms with Crippen LogP contribution in [0.25, 0.3) is 33.3 Å². The van der Waals surface area contributed by atoms with Crippen molar-refractivity contribution in [3.05, 3.63) is 142 Å². The van der Waals surface area contributed by atoms with Crippen molar-refractivity contribution in [1.82, 2.24) is 20.4 Å². The SMILES string of the molecule is CN1C(=O)[C@H]([C@H](c2cc(-c3ccccc3)nnc2-c2ccccc2)c2n[nH]c(=O)c3ccccc23)c2ccccc21. The first kappa shape index (κ1) is 24.6. The molecule has 1 N–H and O–H groups in total. The minimum atomic E-state index is -0.603. The highest BCUT2D eigenvalue weighted by Gasteiger charge is 2.44. The summed E-state index contributed by atoms with van der Waals surface area (Å²) in [7, 11) is 1.80. The van der Waals surface area contributed by atoms with E-state index in [0.717, 1.165) is 27.9 Å². The second-order valence-electron chi connectivity index (χ2n) is 10.2. The van der Waals surface area contributed by atoms with Crippen molar-refractivity contribution < 1.29 is 4.79 Å². The summed E-state index contributed by atoms with van der Waals surface area (Å²) < 4.78 is 0. The van der Waals surface area contributed by atoms with E-state index in [1.807, 2.05) is 109 Å². The Kier molecular flexibility index (Phi) is 5.97. The van der Waals surface area contributed by atoms with E-state index in [-0.39, 0.29) is 11.5 Å². The van der Waals surface area contributed by atoms with Gasteiger partial charge in [-0.25, -0.2) is 5.10 Å². The highest BCUT2D eigenvalue weighted by molar-refractivity contribution is 6.06. The number of para-hydroxylation sites is 1. The predicted molar refractivity (Wildman–Crippen MR) is 160 cm³/mol. The molecule has 0 aliphatic carbocycles. The Morgan fingerprint density at radius 1 is 0.732 bits per heavy atom. The molecule has 6 aromatic rings. The van der Waals surface area contributed by atoms with Crippen LogP contribution < -0.4 is 10.5 Å². The standard InChI is InChI=1S/C34H25N5O2/c1-39-28-19-11-10-18-25(28)30(34(39)41)29(32-23-16-8-9-17-24(23)33(40)38-37-32)26-20-27(21-12-4-2-5-13-21)35-36-31(26)22-14-6-3-7-15-22/h2-20,29-30H,1H3,(H,38,40)/t29-,30-/m0/s1. The first-order valence-corrected chi connectivity index (χ1v) is 13.4. The maximum atomic E-state index is 14.1. The predicted octanol–water partition coefficient (Wildman–Crippen LogP) is 5.94. The molecule has 0 bridgehead atoms. The van der Waals surface area contributed by atoms with Crippen molar-refractivity contribution >= 4 is 22.4 Å². The molecule has 3 heterocycles. The minimum Gasteiger partial charge on any atom is -0.315 e. The minimum absolute atomic E-state index is 0.0506. The Hall–Kier alpha value is -5.43. The molecular weight excluding hydrogens is 510 g/mol. The lowest BCUT2D eigenvalue weighted by atomic mass is 9.77. The molecule has 0 saturated carbocycles. The molecule has 1 aliphatic heterocycles. The van der Waals surface area contributed by atoms with Gasteiger partial charge in [-0.2, -0.15) is 5.10 Å². The number of nitrogens with zero attached hydrogens (tertiary/aromatic N) is 4. The summed E-state index contributed by atoms with van der Waals surface area (Å²) in [5.74, 6) is -1.23. The van der Waals surface area contributed by atoms with Gasteiger partial charge in [-0.1, -0.05) is 97.1 Å². The van der Waals surface area contributed by atoms with E-state index in [1.54, 1.807) is 18.0 Å². The second kappa shape index (κ2) is 9.95. The molecule has 0 saturated heterocycles. The lowest BCUT2D eigenvalue weighted by Gasteiger charge is -2.26. The number of rotatable bonds is 5. The summed E-state index contributed by atoms with van der Waals surface area (Å²) in [5, 5.41) is 17.9. The molecule has 0 unspecified atom stereocenters. The molecule has 0 radical (unpaired) electrons. The summed E-state index contributed by atoms with van der Waals surface area (Å²) >= 11 is 0. The lowest BCUT2D eigenvalue weighted by molar-refractivity contribution is -0.119. The average molecular weight is 536 g/mol. The van der Waals surface area contributed by atoms with Gasteiger partial charge in [0.1, 0.15) is 0 Å². The molecule has 7 nitrogen and oxygen atoms in total. The van der Waals surface area contributed by atoms with Gasteiger partial charge in [0, 0.05) is 35.2 Å². The second-order valence-corrected chi connectivity index (χ2v) is 10.2. The van der Waals surface area contributed by atoms with E-state index in [4.69, 9.17) is 5.10 Å². The zero-order chi connectivity index (χ0) is 27.9. The van der Waals surface area contributed by atoms with E-state index in [0.29, 0.717) is 27.9 Å². The molecule has 1 amide bonds. The van der Waals surface area contributed by atoms with E-state index in [1.165, 1.54) is 0 Å². The van der Waals surface area contributed by atoms with Gasteiger partial charge >= 0.3 is 0 Å². The molecule has 2 atom stereocenters. The number of fused-ring (bicyclic) bond motifs is 2. The van der Waals surface area contributed by atoms with Gasteiger partial charge in [0.2, 0.25) is 5.91 Å². The third-order valence-corrected chi connectivity index (χ3v) is 7.86. The van der Waals surface area contributed by atoms with Crippen LogP contribution in [0.4, 0.5) is 5.69 Å². The van der Waals surface area contributed by atoms with Crippen molar-refractivity contribution in [3.63, 3.8) is 0 Å². The normalized spacial score (nSPS) is 15.2. The van der Waals surface area contributed by atoms with Gasteiger partial charge in [0.15, 0.2) is 0 Å². The van der Waals surface area contributed by atoms with Crippen LogP contribution in [-0.2, 0) is 4.79 Å². The Morgan fingerprint density at radius 3 is 2.12 bits per heavy atom. The van der Waals surface area contributed by atoms with Crippen LogP contribution in [0.3, 0.4) is 0 Å². The largest absolute Gasteiger partial charge is 0.315 e. The van der Waals surface area contributed by atoms with E-state index < -0.39 is 11.8 Å². The van der Waals surface area contributed by atoms with Gasteiger partial charge < -0.3 is 4.90 Å². The van der Waals surface area contributed by atoms with E-state index in [9.17, 15) is 9.59 Å². The third kappa shape index (κ3) is 4.10. The number of nitrogens with one attached hydrogen (secondary N) is 1. The van der Waals surface area contributed by atoms with E-state index >= 15 is 0 Å². The highest BCUT2D eigenvalue weighted by Crippen LogP contribution is 2.49. The smallest absolute Gasteiger partial charge is 0.272 e. The van der Waals surface area contributed by atoms with Crippen molar-refractivity contribution in [2.75, 3.05) is 11.9 Å². The maximum Gasteiger partial charge on any atom is 0.272 e. The first-order valence-electron chi connectivity index (χ1n) is 13.4. The fourth-order valence-electron chi connectivity index (χ4n) is 5.91. The van der Waals surface area contributed by atoms with Crippen LogP contribution in [0.15, 0.2) is 120 Å². The monoisotopic (exact) mass is 535 g/mol. The molecule has 2 aromatic heterocycles. The average Bonchev–Trinajstić information content (AvgIpc) is 3.28. The topological polar surface area (TPSA) is 91.8 Å². The number of carbonyl (C=O) groups excluding carboxylic acids is 1. The van der Waals surface area contributed by atoms with Crippen molar-refractivity contribution in [3.8, 4) is 22.5 Å². The molecule has 41 heavy (non-hydrogen) atoms. The summed E-state index contributed by atoms with van der Waals surface area (Å²) in [5.41, 5.74) is 6.02. The van der Waals surface area contributed by atoms with Gasteiger partial charge in [0.05, 0.1) is 28.4 Å². The zero-order valence-corrected chi connectivity index (χ0v) is 22.2. The Bertz CT molecular complexity index is 1970. The summed E-state index contributed by atoms with van der Waals surface area (Å²) in [6, 6.07) is 37.0. The Morgan fingerprint density at radius 2 is 1.37 bits per heavy atom. The first-order chi connectivity index (χ1) is 20.1. The summed E-state index contributed by atoms with van der Waals surface area (Å²) in [4.78, 5) is 28.7. The molecular formula is C34H25N5O2. The molecule has 1 aliphatic rings. The number of H-pyrrole nitrogens is 1. The quantitative estimate of drug-likeness (QED) is 0.295. The molecule has 0 spiro atoms. The maximum absolute atomic E-state index is 14.1. The van der Waals surface area contributed by atoms with Crippen LogP contribution in [0, 0.1) is 0 Å². The van der Waals surface area contributed by atoms with Crippen LogP contribution in [-0.4, -0.2) is 33.3 Å². The number of likely N-dealkylation sites (N-methyl/N-ethyl adjacent to an activating group) is 1. The summed E-state index contributed by atoms with van der Waals surface area (Å²) in [6.07, 6.45) is 0. The zero-order valence-electron chi connectivity index (χ0n) is 22.2. The third-order valence-electron chi connectivity index (χ3n) is 7.86. The van der Waals surface area contributed by atoms with Gasteiger partial charge in [-0.15, -0.1) is 10.2 Å². The van der Waals surface area contributed by atoms with Crippen molar-refractivity contribution in [2.45, 2.75) is 11.8 Å². The van der Waals surface area contributed by atoms with Crippen molar-refractivity contribution in [1.29, 1.82) is 0 Å². The molecule has 4 aromatic carbocycles. The number of amides is 1. The number of aromatic amines is 1. The van der Waals surface area contributed by atoms with Crippen molar-refractivity contribution in [2.24, 2.45) is 0 Å². The molecule has 7 heteroatoms.